The maximum absolute atomic E-state index is 12.3. The molecule has 8 nitrogen and oxygen atoms in total. The number of aromatic nitrogens is 4. The summed E-state index contributed by atoms with van der Waals surface area (Å²) >= 11 is 0. The molecule has 0 aliphatic rings. The largest absolute Gasteiger partial charge is 0.342 e. The van der Waals surface area contributed by atoms with Crippen molar-refractivity contribution >= 4 is 7.60 Å². The number of tetrazole rings is 1. The Morgan fingerprint density at radius 2 is 1.41 bits per heavy atom. The summed E-state index contributed by atoms with van der Waals surface area (Å²) in [4.78, 5) is 20.0. The molecule has 3 aromatic carbocycles. The highest BCUT2D eigenvalue weighted by atomic mass is 31.2. The van der Waals surface area contributed by atoms with Gasteiger partial charge in [0.2, 0.25) is 0 Å². The van der Waals surface area contributed by atoms with Gasteiger partial charge >= 0.3 is 7.60 Å². The number of hydrogen-bond donors (Lipinski definition) is 4. The fraction of sp³-hybridized carbons (Fsp3) is 0.174. The molecule has 0 aliphatic carbocycles. The Bertz CT molecular complexity index is 1150. The molecule has 0 bridgehead atoms. The fourth-order valence-corrected chi connectivity index (χ4v) is 4.41. The van der Waals surface area contributed by atoms with E-state index in [2.05, 4.69) is 25.9 Å². The van der Waals surface area contributed by atoms with Crippen LogP contribution in [0.25, 0.3) is 11.1 Å². The number of H-pyrrole nitrogens is 1. The Balaban J connectivity index is 1.55. The monoisotopic (exact) mass is 449 g/mol. The van der Waals surface area contributed by atoms with Crippen LogP contribution in [0.2, 0.25) is 0 Å². The zero-order valence-corrected chi connectivity index (χ0v) is 18.1. The van der Waals surface area contributed by atoms with Crippen LogP contribution in [-0.4, -0.2) is 36.2 Å². The van der Waals surface area contributed by atoms with Crippen molar-refractivity contribution in [3.05, 3.63) is 102 Å². The van der Waals surface area contributed by atoms with E-state index in [9.17, 15) is 14.4 Å². The van der Waals surface area contributed by atoms with E-state index in [1.807, 2.05) is 84.9 Å². The van der Waals surface area contributed by atoms with Crippen LogP contribution in [0.4, 0.5) is 0 Å². The molecule has 2 atom stereocenters. The summed E-state index contributed by atoms with van der Waals surface area (Å²) < 4.78 is 12.3. The van der Waals surface area contributed by atoms with Crippen LogP contribution >= 0.6 is 7.60 Å². The first-order valence-corrected chi connectivity index (χ1v) is 11.9. The third-order valence-corrected chi connectivity index (χ3v) is 6.39. The highest BCUT2D eigenvalue weighted by Gasteiger charge is 2.32. The standard InChI is InChI=1S/C23H24N5O3P/c29-32(30,31)22(16-17-7-3-1-4-8-17)24-21(23-25-27-28-26-23)15-18-11-13-20(14-12-18)19-9-5-2-6-10-19/h1-14,21-22,24H,15-16H2,(H2,29,30,31)(H,25,26,27,28)/t21-,22?/m1/s1. The molecule has 0 amide bonds. The second-order valence-electron chi connectivity index (χ2n) is 7.55. The molecule has 4 rings (SSSR count). The van der Waals surface area contributed by atoms with Gasteiger partial charge in [-0.15, -0.1) is 10.2 Å². The third kappa shape index (κ3) is 5.75. The molecule has 4 aromatic rings. The lowest BCUT2D eigenvalue weighted by atomic mass is 10.00. The van der Waals surface area contributed by atoms with Gasteiger partial charge in [-0.2, -0.15) is 5.21 Å². The molecule has 1 unspecified atom stereocenters. The topological polar surface area (TPSA) is 124 Å². The second-order valence-corrected chi connectivity index (χ2v) is 9.35. The fourth-order valence-electron chi connectivity index (χ4n) is 3.59. The average molecular weight is 449 g/mol. The minimum Gasteiger partial charge on any atom is -0.323 e. The Morgan fingerprint density at radius 1 is 0.812 bits per heavy atom. The number of aromatic amines is 1. The molecule has 32 heavy (non-hydrogen) atoms. The smallest absolute Gasteiger partial charge is 0.323 e. The molecule has 9 heteroatoms. The van der Waals surface area contributed by atoms with Gasteiger partial charge in [0.15, 0.2) is 5.82 Å². The van der Waals surface area contributed by atoms with Crippen molar-refractivity contribution in [3.63, 3.8) is 0 Å². The molecule has 0 spiro atoms. The van der Waals surface area contributed by atoms with Gasteiger partial charge in [-0.05, 0) is 35.1 Å². The van der Waals surface area contributed by atoms with Crippen LogP contribution in [0.5, 0.6) is 0 Å². The van der Waals surface area contributed by atoms with Crippen LogP contribution in [0.1, 0.15) is 23.0 Å². The normalized spacial score (nSPS) is 13.6. The first-order chi connectivity index (χ1) is 15.5. The summed E-state index contributed by atoms with van der Waals surface area (Å²) in [5.41, 5.74) is 4.02. The van der Waals surface area contributed by atoms with Crippen LogP contribution in [0, 0.1) is 0 Å². The maximum atomic E-state index is 12.3. The molecule has 164 valence electrons. The number of rotatable bonds is 9. The van der Waals surface area contributed by atoms with Crippen molar-refractivity contribution < 1.29 is 14.4 Å². The lowest BCUT2D eigenvalue weighted by Crippen LogP contribution is -2.36. The van der Waals surface area contributed by atoms with E-state index in [1.165, 1.54) is 0 Å². The van der Waals surface area contributed by atoms with Crippen molar-refractivity contribution in [2.45, 2.75) is 24.7 Å². The Hall–Kier alpha value is -3.16. The lowest BCUT2D eigenvalue weighted by molar-refractivity contribution is 0.333. The van der Waals surface area contributed by atoms with Gasteiger partial charge in [0, 0.05) is 0 Å². The minimum atomic E-state index is -4.45. The van der Waals surface area contributed by atoms with Crippen molar-refractivity contribution in [2.24, 2.45) is 0 Å². The predicted octanol–water partition coefficient (Wildman–Crippen LogP) is 3.49. The highest BCUT2D eigenvalue weighted by molar-refractivity contribution is 7.52. The summed E-state index contributed by atoms with van der Waals surface area (Å²) in [6.07, 6.45) is 0.617. The van der Waals surface area contributed by atoms with E-state index in [0.717, 1.165) is 22.3 Å². The molecule has 0 fully saturated rings. The van der Waals surface area contributed by atoms with Gasteiger partial charge in [-0.25, -0.2) is 0 Å². The van der Waals surface area contributed by atoms with Gasteiger partial charge in [0.05, 0.1) is 6.04 Å². The van der Waals surface area contributed by atoms with Crippen molar-refractivity contribution in [2.75, 3.05) is 0 Å². The molecule has 1 aromatic heterocycles. The van der Waals surface area contributed by atoms with E-state index in [-0.39, 0.29) is 6.42 Å². The summed E-state index contributed by atoms with van der Waals surface area (Å²) in [5, 5.41) is 17.3. The van der Waals surface area contributed by atoms with Gasteiger partial charge < -0.3 is 9.79 Å². The van der Waals surface area contributed by atoms with Gasteiger partial charge in [-0.1, -0.05) is 90.1 Å². The minimum absolute atomic E-state index is 0.173. The summed E-state index contributed by atoms with van der Waals surface area (Å²) in [7, 11) is -4.45. The van der Waals surface area contributed by atoms with Crippen LogP contribution < -0.4 is 5.32 Å². The number of hydrogen-bond acceptors (Lipinski definition) is 5. The lowest BCUT2D eigenvalue weighted by Gasteiger charge is -2.25. The van der Waals surface area contributed by atoms with Crippen LogP contribution in [-0.2, 0) is 17.4 Å². The van der Waals surface area contributed by atoms with E-state index >= 15 is 0 Å². The van der Waals surface area contributed by atoms with E-state index in [4.69, 9.17) is 0 Å². The third-order valence-electron chi connectivity index (χ3n) is 5.25. The first-order valence-electron chi connectivity index (χ1n) is 10.2. The van der Waals surface area contributed by atoms with Crippen LogP contribution in [0.15, 0.2) is 84.9 Å². The summed E-state index contributed by atoms with van der Waals surface area (Å²) in [6, 6.07) is 26.8. The van der Waals surface area contributed by atoms with Crippen molar-refractivity contribution in [1.29, 1.82) is 0 Å². The van der Waals surface area contributed by atoms with E-state index < -0.39 is 19.4 Å². The predicted molar refractivity (Wildman–Crippen MR) is 122 cm³/mol. The molecule has 0 aliphatic heterocycles. The number of nitrogens with zero attached hydrogens (tertiary/aromatic N) is 3. The number of nitrogens with one attached hydrogen (secondary N) is 2. The van der Waals surface area contributed by atoms with Crippen LogP contribution in [0.3, 0.4) is 0 Å². The average Bonchev–Trinajstić information content (AvgIpc) is 3.34. The maximum Gasteiger partial charge on any atom is 0.342 e. The van der Waals surface area contributed by atoms with E-state index in [0.29, 0.717) is 12.2 Å². The van der Waals surface area contributed by atoms with Crippen molar-refractivity contribution in [1.82, 2.24) is 25.9 Å². The van der Waals surface area contributed by atoms with Crippen molar-refractivity contribution in [3.8, 4) is 11.1 Å². The Kier molecular flexibility index (Phi) is 6.87. The summed E-state index contributed by atoms with van der Waals surface area (Å²) in [5.74, 6) is -0.736. The van der Waals surface area contributed by atoms with E-state index in [1.54, 1.807) is 0 Å². The second kappa shape index (κ2) is 9.97. The zero-order chi connectivity index (χ0) is 22.4. The molecular weight excluding hydrogens is 425 g/mol. The molecule has 0 saturated heterocycles. The van der Waals surface area contributed by atoms with Gasteiger partial charge in [0.1, 0.15) is 5.78 Å². The Morgan fingerprint density at radius 3 is 2.00 bits per heavy atom. The highest BCUT2D eigenvalue weighted by Crippen LogP contribution is 2.42. The zero-order valence-electron chi connectivity index (χ0n) is 17.2. The molecule has 0 saturated carbocycles. The van der Waals surface area contributed by atoms with Gasteiger partial charge in [-0.3, -0.25) is 9.88 Å². The van der Waals surface area contributed by atoms with Gasteiger partial charge in [0.25, 0.3) is 0 Å². The number of benzene rings is 3. The quantitative estimate of drug-likeness (QED) is 0.288. The molecule has 1 heterocycles. The SMILES string of the molecule is O=P(O)(O)C(Cc1ccccc1)N[C@H](Cc1ccc(-c2ccccc2)cc1)c1nn[nH]n1. The molecular formula is C23H24N5O3P. The molecule has 4 N–H and O–H groups in total. The molecule has 0 radical (unpaired) electrons. The summed E-state index contributed by atoms with van der Waals surface area (Å²) in [6.45, 7) is 0. The first kappa shape index (κ1) is 22.0. The Labute approximate surface area is 185 Å².